The summed E-state index contributed by atoms with van der Waals surface area (Å²) in [6, 6.07) is 0. The van der Waals surface area contributed by atoms with E-state index in [0.29, 0.717) is 63.1 Å². The highest BCUT2D eigenvalue weighted by molar-refractivity contribution is 8.00. The summed E-state index contributed by atoms with van der Waals surface area (Å²) < 4.78 is 50.2. The largest absolute Gasteiger partial charge is 0.756 e. The summed E-state index contributed by atoms with van der Waals surface area (Å²) in [5.74, 6) is 2.03. The molecule has 4 N–H and O–H groups in total. The first-order valence-corrected chi connectivity index (χ1v) is 26.6. The van der Waals surface area contributed by atoms with Crippen molar-refractivity contribution in [1.29, 1.82) is 0 Å². The molecule has 0 rings (SSSR count). The smallest absolute Gasteiger partial charge is 0.409 e. The van der Waals surface area contributed by atoms with Crippen molar-refractivity contribution in [2.45, 2.75) is 103 Å². The molecule has 0 bridgehead atoms. The van der Waals surface area contributed by atoms with Gasteiger partial charge in [-0.15, -0.1) is 0 Å². The first-order valence-electron chi connectivity index (χ1n) is 21.4. The predicted molar refractivity (Wildman–Crippen MR) is 236 cm³/mol. The molecule has 0 saturated heterocycles. The number of thioether (sulfide) groups is 2. The number of unbranched alkanes of at least 4 members (excludes halogenated alkanes) is 10. The minimum Gasteiger partial charge on any atom is -0.756 e. The topological polar surface area (TPSA) is 272 Å². The zero-order valence-corrected chi connectivity index (χ0v) is 40.4. The summed E-state index contributed by atoms with van der Waals surface area (Å²) in [5, 5.41) is 11.4. The molecule has 0 aliphatic carbocycles. The number of ether oxygens (including phenoxy) is 2. The monoisotopic (exact) mass is 965 g/mol. The number of nitrogens with one attached hydrogen (secondary N) is 4. The molecule has 2 unspecified atom stereocenters. The van der Waals surface area contributed by atoms with Crippen LogP contribution in [0.2, 0.25) is 0 Å². The van der Waals surface area contributed by atoms with Gasteiger partial charge in [-0.2, -0.15) is 23.5 Å². The Balaban J connectivity index is 4.02. The van der Waals surface area contributed by atoms with E-state index >= 15 is 0 Å². The Morgan fingerprint density at radius 2 is 0.903 bits per heavy atom. The van der Waals surface area contributed by atoms with Crippen LogP contribution in [-0.2, 0) is 55.9 Å². The average Bonchev–Trinajstić information content (AvgIpc) is 3.24. The lowest BCUT2D eigenvalue weighted by Crippen LogP contribution is -2.43. The van der Waals surface area contributed by atoms with Gasteiger partial charge in [0.15, 0.2) is 0 Å². The number of carbonyl (C=O) groups is 5. The maximum absolute atomic E-state index is 12.7. The highest BCUT2D eigenvalue weighted by Crippen LogP contribution is 2.37. The SMILES string of the molecule is COCCOC(=O)N(CCNC(=O)CCCCCNC(=O)CSCCCCCCOP(=O)([O-])OC)CCNC(=O)CCCCCNC(=O)CSCCCCCCOP(=O)([O-])OC. The molecule has 24 heteroatoms. The van der Waals surface area contributed by atoms with Crippen LogP contribution in [0.5, 0.6) is 0 Å². The van der Waals surface area contributed by atoms with Crippen LogP contribution in [0.4, 0.5) is 4.79 Å². The van der Waals surface area contributed by atoms with E-state index in [2.05, 4.69) is 39.4 Å². The summed E-state index contributed by atoms with van der Waals surface area (Å²) in [6.45, 7) is 2.38. The van der Waals surface area contributed by atoms with E-state index in [1.165, 1.54) is 12.0 Å². The minimum atomic E-state index is -4.16. The van der Waals surface area contributed by atoms with E-state index in [1.54, 1.807) is 23.5 Å². The Hall–Kier alpha value is -1.97. The van der Waals surface area contributed by atoms with E-state index in [4.69, 9.17) is 9.47 Å². The van der Waals surface area contributed by atoms with Crippen molar-refractivity contribution < 1.29 is 70.5 Å². The van der Waals surface area contributed by atoms with Gasteiger partial charge < -0.3 is 63.5 Å². The standard InChI is InChI=1S/C38H75N5O15P2S2/c1-53-28-29-56-38(48)43(24-22-41-34(44)18-10-8-12-20-39-36(46)32-61-30-16-6-4-14-26-57-59(49,50)54-2)25-23-42-35(45)19-11-9-13-21-40-37(47)33-62-31-17-7-5-15-27-58-60(51,52)55-3/h4-33H2,1-3H3,(H,39,46)(H,40,47)(H,41,44)(H,42,45)(H,49,50)(H,51,52)/p-2. The van der Waals surface area contributed by atoms with Crippen molar-refractivity contribution in [3.63, 3.8) is 0 Å². The quantitative estimate of drug-likeness (QED) is 0.0503. The van der Waals surface area contributed by atoms with Crippen molar-refractivity contribution in [1.82, 2.24) is 26.2 Å². The predicted octanol–water partition coefficient (Wildman–Crippen LogP) is 3.51. The summed E-state index contributed by atoms with van der Waals surface area (Å²) >= 11 is 3.10. The molecule has 0 saturated carbocycles. The van der Waals surface area contributed by atoms with E-state index in [-0.39, 0.29) is 76.2 Å². The Morgan fingerprint density at radius 1 is 0.500 bits per heavy atom. The van der Waals surface area contributed by atoms with Crippen molar-refractivity contribution in [2.75, 3.05) is 110 Å². The van der Waals surface area contributed by atoms with Crippen molar-refractivity contribution in [2.24, 2.45) is 0 Å². The number of hydrogen-bond donors (Lipinski definition) is 4. The maximum Gasteiger partial charge on any atom is 0.409 e. The number of phosphoric acid groups is 2. The van der Waals surface area contributed by atoms with Gasteiger partial charge in [0, 0.05) is 73.4 Å². The first kappa shape index (κ1) is 60.0. The fourth-order valence-electron chi connectivity index (χ4n) is 5.27. The highest BCUT2D eigenvalue weighted by Gasteiger charge is 2.16. The number of nitrogens with zero attached hydrogens (tertiary/aromatic N) is 1. The van der Waals surface area contributed by atoms with Gasteiger partial charge in [0.05, 0.1) is 31.3 Å². The summed E-state index contributed by atoms with van der Waals surface area (Å²) in [5.41, 5.74) is 0. The Bertz CT molecular complexity index is 1230. The molecule has 0 aliphatic rings. The third kappa shape index (κ3) is 39.6. The lowest BCUT2D eigenvalue weighted by molar-refractivity contribution is -0.224. The number of phosphoric ester groups is 2. The molecule has 0 aliphatic heterocycles. The van der Waals surface area contributed by atoms with Crippen LogP contribution in [0.3, 0.4) is 0 Å². The van der Waals surface area contributed by atoms with Crippen molar-refractivity contribution in [3.8, 4) is 0 Å². The Morgan fingerprint density at radius 3 is 1.32 bits per heavy atom. The molecule has 0 heterocycles. The molecule has 364 valence electrons. The van der Waals surface area contributed by atoms with Crippen molar-refractivity contribution in [3.05, 3.63) is 0 Å². The lowest BCUT2D eigenvalue weighted by atomic mass is 10.2. The molecule has 5 amide bonds. The van der Waals surface area contributed by atoms with Gasteiger partial charge in [-0.1, -0.05) is 38.5 Å². The molecule has 0 radical (unpaired) electrons. The van der Waals surface area contributed by atoms with Gasteiger partial charge in [0.1, 0.15) is 6.61 Å². The number of carbonyl (C=O) groups excluding carboxylic acids is 5. The lowest BCUT2D eigenvalue weighted by Gasteiger charge is -2.22. The van der Waals surface area contributed by atoms with Crippen LogP contribution < -0.4 is 31.1 Å². The van der Waals surface area contributed by atoms with Crippen molar-refractivity contribution >= 4 is 68.9 Å². The second-order valence-electron chi connectivity index (χ2n) is 14.0. The maximum atomic E-state index is 12.7. The number of amides is 5. The molecule has 0 aromatic heterocycles. The first-order chi connectivity index (χ1) is 29.7. The van der Waals surface area contributed by atoms with E-state index < -0.39 is 21.7 Å². The number of hydrogen-bond acceptors (Lipinski definition) is 17. The van der Waals surface area contributed by atoms with Crippen LogP contribution in [0, 0.1) is 0 Å². The molecular formula is C38H73N5O15P2S2-2. The zero-order valence-electron chi connectivity index (χ0n) is 37.0. The Kier molecular flexibility index (Phi) is 39.2. The summed E-state index contributed by atoms with van der Waals surface area (Å²) in [6.07, 6.45) is 10.9. The fraction of sp³-hybridized carbons (Fsp3) is 0.868. The average molecular weight is 966 g/mol. The van der Waals surface area contributed by atoms with Gasteiger partial charge in [0.25, 0.3) is 15.6 Å². The Labute approximate surface area is 377 Å². The van der Waals surface area contributed by atoms with E-state index in [0.717, 1.165) is 89.9 Å². The van der Waals surface area contributed by atoms with E-state index in [1.807, 2.05) is 0 Å². The fourth-order valence-corrected chi connectivity index (χ4v) is 7.87. The summed E-state index contributed by atoms with van der Waals surface area (Å²) in [4.78, 5) is 85.2. The van der Waals surface area contributed by atoms with Gasteiger partial charge in [-0.3, -0.25) is 28.3 Å². The molecule has 62 heavy (non-hydrogen) atoms. The van der Waals surface area contributed by atoms with Gasteiger partial charge >= 0.3 is 6.09 Å². The van der Waals surface area contributed by atoms with Gasteiger partial charge in [-0.05, 0) is 62.9 Å². The van der Waals surface area contributed by atoms with Crippen LogP contribution >= 0.6 is 39.2 Å². The molecule has 2 atom stereocenters. The van der Waals surface area contributed by atoms with Crippen LogP contribution in [0.25, 0.3) is 0 Å². The minimum absolute atomic E-state index is 0.0362. The van der Waals surface area contributed by atoms with Gasteiger partial charge in [-0.25, -0.2) is 4.79 Å². The van der Waals surface area contributed by atoms with Crippen LogP contribution in [0.1, 0.15) is 103 Å². The van der Waals surface area contributed by atoms with Crippen LogP contribution in [0.15, 0.2) is 0 Å². The van der Waals surface area contributed by atoms with Gasteiger partial charge in [0.2, 0.25) is 23.6 Å². The summed E-state index contributed by atoms with van der Waals surface area (Å²) in [7, 11) is -4.70. The normalized spacial score (nSPS) is 13.1. The molecule has 0 spiro atoms. The second-order valence-corrected chi connectivity index (χ2v) is 19.2. The third-order valence-electron chi connectivity index (χ3n) is 8.76. The molecule has 0 aromatic carbocycles. The number of rotatable bonds is 43. The zero-order chi connectivity index (χ0) is 46.2. The van der Waals surface area contributed by atoms with E-state index in [9.17, 15) is 42.9 Å². The molecule has 20 nitrogen and oxygen atoms in total. The molecule has 0 fully saturated rings. The third-order valence-corrected chi connectivity index (χ3v) is 12.7. The molecule has 0 aromatic rings. The molecular weight excluding hydrogens is 893 g/mol. The number of methoxy groups -OCH3 is 1. The highest BCUT2D eigenvalue weighted by atomic mass is 32.2. The van der Waals surface area contributed by atoms with Crippen LogP contribution in [-0.4, -0.2) is 145 Å². The second kappa shape index (κ2) is 40.5.